The van der Waals surface area contributed by atoms with E-state index < -0.39 is 0 Å². The van der Waals surface area contributed by atoms with Gasteiger partial charge in [0.15, 0.2) is 0 Å². The van der Waals surface area contributed by atoms with Crippen molar-refractivity contribution in [1.82, 2.24) is 4.90 Å². The summed E-state index contributed by atoms with van der Waals surface area (Å²) in [6, 6.07) is 0. The molecule has 15 heavy (non-hydrogen) atoms. The molecule has 0 bridgehead atoms. The molecule has 0 atom stereocenters. The fourth-order valence-corrected chi connectivity index (χ4v) is 3.32. The van der Waals surface area contributed by atoms with Gasteiger partial charge in [-0.2, -0.15) is 0 Å². The molecule has 2 fully saturated rings. The molecule has 1 N–H and O–H groups in total. The molecule has 0 aromatic rings. The molecule has 2 nitrogen and oxygen atoms in total. The number of nitrogens with zero attached hydrogens (tertiary/aromatic N) is 1. The fourth-order valence-electron chi connectivity index (χ4n) is 3.32. The molecule has 0 amide bonds. The summed E-state index contributed by atoms with van der Waals surface area (Å²) in [7, 11) is 0. The molecule has 1 aliphatic carbocycles. The largest absolute Gasteiger partial charge is 0.396 e. The topological polar surface area (TPSA) is 23.5 Å². The quantitative estimate of drug-likeness (QED) is 0.722. The van der Waals surface area contributed by atoms with Gasteiger partial charge in [-0.15, -0.1) is 0 Å². The van der Waals surface area contributed by atoms with E-state index in [4.69, 9.17) is 5.11 Å². The third kappa shape index (κ3) is 2.94. The Labute approximate surface area is 93.7 Å². The second kappa shape index (κ2) is 5.31. The zero-order valence-electron chi connectivity index (χ0n) is 9.88. The highest BCUT2D eigenvalue weighted by Gasteiger charge is 2.36. The summed E-state index contributed by atoms with van der Waals surface area (Å²) in [6.45, 7) is 4.19. The van der Waals surface area contributed by atoms with Crippen LogP contribution in [0.25, 0.3) is 0 Å². The Morgan fingerprint density at radius 2 is 1.60 bits per heavy atom. The SMILES string of the molecule is OCCCCN1CCC2(CCCC2)CC1. The van der Waals surface area contributed by atoms with Crippen LogP contribution in [0.4, 0.5) is 0 Å². The van der Waals surface area contributed by atoms with Crippen molar-refractivity contribution >= 4 is 0 Å². The standard InChI is InChI=1S/C13H25NO/c15-12-4-3-9-14-10-7-13(8-11-14)5-1-2-6-13/h15H,1-12H2. The van der Waals surface area contributed by atoms with E-state index in [1.807, 2.05) is 0 Å². The highest BCUT2D eigenvalue weighted by Crippen LogP contribution is 2.45. The number of hydrogen-bond acceptors (Lipinski definition) is 2. The molecule has 2 rings (SSSR count). The molecule has 1 spiro atoms. The molecule has 1 heterocycles. The van der Waals surface area contributed by atoms with E-state index in [0.29, 0.717) is 6.61 Å². The molecule has 2 heteroatoms. The lowest BCUT2D eigenvalue weighted by molar-refractivity contribution is 0.106. The Kier molecular flexibility index (Phi) is 4.04. The van der Waals surface area contributed by atoms with Crippen LogP contribution < -0.4 is 0 Å². The fraction of sp³-hybridized carbons (Fsp3) is 1.00. The number of aliphatic hydroxyl groups excluding tert-OH is 1. The summed E-state index contributed by atoms with van der Waals surface area (Å²) in [5.74, 6) is 0. The maximum Gasteiger partial charge on any atom is 0.0431 e. The second-order valence-corrected chi connectivity index (χ2v) is 5.48. The van der Waals surface area contributed by atoms with Crippen LogP contribution in [-0.2, 0) is 0 Å². The Morgan fingerprint density at radius 3 is 2.20 bits per heavy atom. The molecule has 0 radical (unpaired) electrons. The number of unbranched alkanes of at least 4 members (excludes halogenated alkanes) is 1. The van der Waals surface area contributed by atoms with Gasteiger partial charge in [0.25, 0.3) is 0 Å². The monoisotopic (exact) mass is 211 g/mol. The number of rotatable bonds is 4. The first kappa shape index (κ1) is 11.4. The van der Waals surface area contributed by atoms with E-state index in [2.05, 4.69) is 4.90 Å². The minimum absolute atomic E-state index is 0.359. The summed E-state index contributed by atoms with van der Waals surface area (Å²) in [5, 5.41) is 8.74. The molecule has 1 aliphatic heterocycles. The average Bonchev–Trinajstić information content (AvgIpc) is 2.71. The minimum atomic E-state index is 0.359. The van der Waals surface area contributed by atoms with Gasteiger partial charge in [-0.05, 0) is 63.6 Å². The normalized spacial score (nSPS) is 26.2. The zero-order chi connectivity index (χ0) is 10.6. The Hall–Kier alpha value is -0.0800. The van der Waals surface area contributed by atoms with E-state index in [1.54, 1.807) is 0 Å². The van der Waals surface area contributed by atoms with Crippen LogP contribution in [0.5, 0.6) is 0 Å². The first-order valence-electron chi connectivity index (χ1n) is 6.68. The van der Waals surface area contributed by atoms with Crippen LogP contribution >= 0.6 is 0 Å². The molecular formula is C13H25NO. The minimum Gasteiger partial charge on any atom is -0.396 e. The van der Waals surface area contributed by atoms with E-state index >= 15 is 0 Å². The molecule has 0 unspecified atom stereocenters. The Morgan fingerprint density at radius 1 is 0.933 bits per heavy atom. The molecule has 1 saturated carbocycles. The Balaban J connectivity index is 1.67. The van der Waals surface area contributed by atoms with Crippen LogP contribution in [0, 0.1) is 5.41 Å². The van der Waals surface area contributed by atoms with Gasteiger partial charge in [-0.3, -0.25) is 0 Å². The zero-order valence-corrected chi connectivity index (χ0v) is 9.88. The van der Waals surface area contributed by atoms with Gasteiger partial charge >= 0.3 is 0 Å². The van der Waals surface area contributed by atoms with Gasteiger partial charge in [-0.25, -0.2) is 0 Å². The lowest BCUT2D eigenvalue weighted by Gasteiger charge is -2.39. The van der Waals surface area contributed by atoms with Crippen molar-refractivity contribution in [2.45, 2.75) is 51.4 Å². The summed E-state index contributed by atoms with van der Waals surface area (Å²) in [5.41, 5.74) is 0.757. The van der Waals surface area contributed by atoms with Crippen molar-refractivity contribution in [2.24, 2.45) is 5.41 Å². The molecule has 2 aliphatic rings. The van der Waals surface area contributed by atoms with Crippen LogP contribution in [0.15, 0.2) is 0 Å². The molecule has 1 saturated heterocycles. The van der Waals surface area contributed by atoms with E-state index in [-0.39, 0.29) is 0 Å². The van der Waals surface area contributed by atoms with Crippen molar-refractivity contribution < 1.29 is 5.11 Å². The van der Waals surface area contributed by atoms with Gasteiger partial charge in [0, 0.05) is 6.61 Å². The first-order chi connectivity index (χ1) is 7.35. The molecule has 0 aromatic heterocycles. The van der Waals surface area contributed by atoms with E-state index in [1.165, 1.54) is 64.6 Å². The van der Waals surface area contributed by atoms with Gasteiger partial charge in [0.1, 0.15) is 0 Å². The van der Waals surface area contributed by atoms with Crippen LogP contribution in [0.3, 0.4) is 0 Å². The predicted octanol–water partition coefficient (Wildman–Crippen LogP) is 2.42. The summed E-state index contributed by atoms with van der Waals surface area (Å²) in [4.78, 5) is 2.60. The van der Waals surface area contributed by atoms with Crippen molar-refractivity contribution in [3.05, 3.63) is 0 Å². The highest BCUT2D eigenvalue weighted by atomic mass is 16.2. The molecular weight excluding hydrogens is 186 g/mol. The highest BCUT2D eigenvalue weighted by molar-refractivity contribution is 4.89. The number of aliphatic hydroxyl groups is 1. The second-order valence-electron chi connectivity index (χ2n) is 5.48. The summed E-state index contributed by atoms with van der Waals surface area (Å²) < 4.78 is 0. The maximum absolute atomic E-state index is 8.74. The van der Waals surface area contributed by atoms with Crippen molar-refractivity contribution in [3.63, 3.8) is 0 Å². The van der Waals surface area contributed by atoms with E-state index in [0.717, 1.165) is 11.8 Å². The predicted molar refractivity (Wildman–Crippen MR) is 62.9 cm³/mol. The molecule has 88 valence electrons. The smallest absolute Gasteiger partial charge is 0.0431 e. The lowest BCUT2D eigenvalue weighted by atomic mass is 9.77. The van der Waals surface area contributed by atoms with Gasteiger partial charge in [0.2, 0.25) is 0 Å². The lowest BCUT2D eigenvalue weighted by Crippen LogP contribution is -2.39. The van der Waals surface area contributed by atoms with Gasteiger partial charge in [0.05, 0.1) is 0 Å². The maximum atomic E-state index is 8.74. The third-order valence-electron chi connectivity index (χ3n) is 4.46. The van der Waals surface area contributed by atoms with E-state index in [9.17, 15) is 0 Å². The van der Waals surface area contributed by atoms with Crippen LogP contribution in [0.2, 0.25) is 0 Å². The average molecular weight is 211 g/mol. The van der Waals surface area contributed by atoms with Crippen LogP contribution in [0.1, 0.15) is 51.4 Å². The number of piperidine rings is 1. The van der Waals surface area contributed by atoms with Crippen molar-refractivity contribution in [3.8, 4) is 0 Å². The molecule has 0 aromatic carbocycles. The number of hydrogen-bond donors (Lipinski definition) is 1. The van der Waals surface area contributed by atoms with Crippen LogP contribution in [-0.4, -0.2) is 36.2 Å². The summed E-state index contributed by atoms with van der Waals surface area (Å²) in [6.07, 6.45) is 11.0. The first-order valence-corrected chi connectivity index (χ1v) is 6.68. The van der Waals surface area contributed by atoms with Crippen molar-refractivity contribution in [1.29, 1.82) is 0 Å². The van der Waals surface area contributed by atoms with Gasteiger partial charge < -0.3 is 10.0 Å². The number of likely N-dealkylation sites (tertiary alicyclic amines) is 1. The van der Waals surface area contributed by atoms with Gasteiger partial charge in [-0.1, -0.05) is 12.8 Å². The summed E-state index contributed by atoms with van der Waals surface area (Å²) >= 11 is 0. The Bertz CT molecular complexity index is 177. The third-order valence-corrected chi connectivity index (χ3v) is 4.46. The van der Waals surface area contributed by atoms with Crippen molar-refractivity contribution in [2.75, 3.05) is 26.2 Å².